The molecule has 1 saturated carbocycles. The van der Waals surface area contributed by atoms with Crippen LogP contribution in [0.2, 0.25) is 0 Å². The third-order valence-electron chi connectivity index (χ3n) is 6.25. The van der Waals surface area contributed by atoms with Gasteiger partial charge in [-0.2, -0.15) is 0 Å². The molecule has 1 aliphatic carbocycles. The first kappa shape index (κ1) is 20.2. The minimum Gasteiger partial charge on any atom is -0.378 e. The molecule has 4 rings (SSSR count). The van der Waals surface area contributed by atoms with Crippen molar-refractivity contribution in [2.24, 2.45) is 5.92 Å². The zero-order valence-corrected chi connectivity index (χ0v) is 16.5. The van der Waals surface area contributed by atoms with Gasteiger partial charge in [-0.15, -0.1) is 0 Å². The number of benzene rings is 1. The third-order valence-corrected chi connectivity index (χ3v) is 6.25. The molecule has 6 nitrogen and oxygen atoms in total. The summed E-state index contributed by atoms with van der Waals surface area (Å²) in [5.74, 6) is -1.91. The molecule has 2 amide bonds. The molecule has 0 N–H and O–H groups in total. The Morgan fingerprint density at radius 3 is 2.31 bits per heavy atom. The van der Waals surface area contributed by atoms with Crippen molar-refractivity contribution in [2.75, 3.05) is 32.9 Å². The van der Waals surface area contributed by atoms with Crippen LogP contribution in [0, 0.1) is 17.6 Å². The Morgan fingerprint density at radius 2 is 1.69 bits per heavy atom. The maximum absolute atomic E-state index is 13.8. The van der Waals surface area contributed by atoms with Crippen molar-refractivity contribution < 1.29 is 27.8 Å². The normalized spacial score (nSPS) is 30.0. The molecule has 3 aliphatic rings. The maximum Gasteiger partial charge on any atom is 0.257 e. The number of carbonyl (C=O) groups excluding carboxylic acids is 2. The summed E-state index contributed by atoms with van der Waals surface area (Å²) in [6.07, 6.45) is 2.93. The Labute approximate surface area is 168 Å². The molecule has 0 radical (unpaired) electrons. The van der Waals surface area contributed by atoms with Crippen LogP contribution in [-0.4, -0.2) is 66.3 Å². The first-order valence-corrected chi connectivity index (χ1v) is 10.2. The number of rotatable bonds is 2. The summed E-state index contributed by atoms with van der Waals surface area (Å²) in [6.45, 7) is 4.04. The number of ether oxygens (including phenoxy) is 2. The van der Waals surface area contributed by atoms with Crippen molar-refractivity contribution in [1.29, 1.82) is 0 Å². The largest absolute Gasteiger partial charge is 0.378 e. The molecule has 0 unspecified atom stereocenters. The second-order valence-electron chi connectivity index (χ2n) is 8.23. The van der Waals surface area contributed by atoms with E-state index < -0.39 is 29.3 Å². The van der Waals surface area contributed by atoms with E-state index in [2.05, 4.69) is 6.92 Å². The van der Waals surface area contributed by atoms with E-state index in [9.17, 15) is 18.4 Å². The van der Waals surface area contributed by atoms with Crippen LogP contribution < -0.4 is 0 Å². The van der Waals surface area contributed by atoms with Crippen LogP contribution in [0.4, 0.5) is 8.78 Å². The Hall–Kier alpha value is -2.06. The molecule has 2 saturated heterocycles. The summed E-state index contributed by atoms with van der Waals surface area (Å²) in [5.41, 5.74) is -1.01. The van der Waals surface area contributed by atoms with E-state index in [1.54, 1.807) is 4.90 Å². The number of hydrogen-bond acceptors (Lipinski definition) is 4. The fourth-order valence-electron chi connectivity index (χ4n) is 4.58. The SMILES string of the molecule is CC1CCC2(CC1)OC[C@H](C(=O)N1CCOCC1)N2C(=O)c1cc(F)cc(F)c1. The quantitative estimate of drug-likeness (QED) is 0.755. The number of halogens is 2. The highest BCUT2D eigenvalue weighted by atomic mass is 19.1. The molecule has 8 heteroatoms. The molecule has 29 heavy (non-hydrogen) atoms. The smallest absolute Gasteiger partial charge is 0.257 e. The van der Waals surface area contributed by atoms with Gasteiger partial charge in [0, 0.05) is 24.7 Å². The Bertz CT molecular complexity index is 769. The zero-order chi connectivity index (χ0) is 20.6. The molecule has 1 spiro atoms. The number of morpholine rings is 1. The van der Waals surface area contributed by atoms with Crippen LogP contribution in [-0.2, 0) is 14.3 Å². The molecular formula is C21H26F2N2O4. The number of carbonyl (C=O) groups is 2. The van der Waals surface area contributed by atoms with Gasteiger partial charge in [-0.3, -0.25) is 14.5 Å². The lowest BCUT2D eigenvalue weighted by atomic mass is 9.83. The van der Waals surface area contributed by atoms with Gasteiger partial charge in [0.15, 0.2) is 0 Å². The van der Waals surface area contributed by atoms with Gasteiger partial charge in [0.05, 0.1) is 19.8 Å². The summed E-state index contributed by atoms with van der Waals surface area (Å²) in [4.78, 5) is 29.8. The predicted octanol–water partition coefficient (Wildman–Crippen LogP) is 2.57. The van der Waals surface area contributed by atoms with Gasteiger partial charge in [0.1, 0.15) is 23.4 Å². The number of hydrogen-bond donors (Lipinski definition) is 0. The van der Waals surface area contributed by atoms with Gasteiger partial charge in [0.2, 0.25) is 5.91 Å². The van der Waals surface area contributed by atoms with Crippen LogP contribution >= 0.6 is 0 Å². The summed E-state index contributed by atoms with van der Waals surface area (Å²) in [5, 5.41) is 0. The summed E-state index contributed by atoms with van der Waals surface area (Å²) < 4.78 is 39.0. The van der Waals surface area contributed by atoms with Gasteiger partial charge in [-0.05, 0) is 43.7 Å². The topological polar surface area (TPSA) is 59.1 Å². The van der Waals surface area contributed by atoms with E-state index in [4.69, 9.17) is 9.47 Å². The average molecular weight is 408 g/mol. The van der Waals surface area contributed by atoms with Crippen molar-refractivity contribution >= 4 is 11.8 Å². The standard InChI is InChI=1S/C21H26F2N2O4/c1-14-2-4-21(5-3-14)25(19(26)15-10-16(22)12-17(23)11-15)18(13-29-21)20(27)24-6-8-28-9-7-24/h10-12,14,18H,2-9,13H2,1H3/t14?,18-,21?/m1/s1. The molecule has 0 aromatic heterocycles. The summed E-state index contributed by atoms with van der Waals surface area (Å²) in [7, 11) is 0. The van der Waals surface area contributed by atoms with E-state index in [0.29, 0.717) is 45.1 Å². The van der Waals surface area contributed by atoms with Crippen LogP contribution in [0.3, 0.4) is 0 Å². The Balaban J connectivity index is 1.67. The molecule has 1 atom stereocenters. The van der Waals surface area contributed by atoms with E-state index in [1.165, 1.54) is 4.90 Å². The lowest BCUT2D eigenvalue weighted by Crippen LogP contribution is -2.58. The molecule has 1 aromatic carbocycles. The van der Waals surface area contributed by atoms with Gasteiger partial charge in [-0.1, -0.05) is 6.92 Å². The summed E-state index contributed by atoms with van der Waals surface area (Å²) >= 11 is 0. The molecule has 1 aromatic rings. The number of nitrogens with zero attached hydrogens (tertiary/aromatic N) is 2. The lowest BCUT2D eigenvalue weighted by Gasteiger charge is -2.43. The van der Waals surface area contributed by atoms with Crippen LogP contribution in [0.5, 0.6) is 0 Å². The Kier molecular flexibility index (Phi) is 5.57. The second kappa shape index (κ2) is 7.99. The first-order chi connectivity index (χ1) is 13.9. The molecular weight excluding hydrogens is 382 g/mol. The van der Waals surface area contributed by atoms with Gasteiger partial charge < -0.3 is 14.4 Å². The highest BCUT2D eigenvalue weighted by Gasteiger charge is 2.54. The number of amides is 2. The average Bonchev–Trinajstić information content (AvgIpc) is 3.08. The maximum atomic E-state index is 13.8. The highest BCUT2D eigenvalue weighted by Crippen LogP contribution is 2.43. The molecule has 0 bridgehead atoms. The van der Waals surface area contributed by atoms with Crippen molar-refractivity contribution in [3.05, 3.63) is 35.4 Å². The van der Waals surface area contributed by atoms with Gasteiger partial charge >= 0.3 is 0 Å². The lowest BCUT2D eigenvalue weighted by molar-refractivity contribution is -0.141. The molecule has 2 aliphatic heterocycles. The molecule has 2 heterocycles. The first-order valence-electron chi connectivity index (χ1n) is 10.2. The fourth-order valence-corrected chi connectivity index (χ4v) is 4.58. The van der Waals surface area contributed by atoms with Gasteiger partial charge in [-0.25, -0.2) is 8.78 Å². The third kappa shape index (κ3) is 3.88. The van der Waals surface area contributed by atoms with Crippen LogP contribution in [0.15, 0.2) is 18.2 Å². The minimum absolute atomic E-state index is 0.0914. The zero-order valence-electron chi connectivity index (χ0n) is 16.5. The summed E-state index contributed by atoms with van der Waals surface area (Å²) in [6, 6.07) is 1.95. The van der Waals surface area contributed by atoms with Crippen molar-refractivity contribution in [3.8, 4) is 0 Å². The van der Waals surface area contributed by atoms with E-state index >= 15 is 0 Å². The van der Waals surface area contributed by atoms with Gasteiger partial charge in [0.25, 0.3) is 5.91 Å². The Morgan fingerprint density at radius 1 is 1.07 bits per heavy atom. The fraction of sp³-hybridized carbons (Fsp3) is 0.619. The van der Waals surface area contributed by atoms with Crippen LogP contribution in [0.25, 0.3) is 0 Å². The molecule has 3 fully saturated rings. The highest BCUT2D eigenvalue weighted by molar-refractivity contribution is 5.98. The molecule has 158 valence electrons. The van der Waals surface area contributed by atoms with E-state index in [1.807, 2.05) is 0 Å². The minimum atomic E-state index is -0.904. The predicted molar refractivity (Wildman–Crippen MR) is 100 cm³/mol. The van der Waals surface area contributed by atoms with E-state index in [-0.39, 0.29) is 18.1 Å². The van der Waals surface area contributed by atoms with Crippen molar-refractivity contribution in [1.82, 2.24) is 9.80 Å². The monoisotopic (exact) mass is 408 g/mol. The van der Waals surface area contributed by atoms with Crippen molar-refractivity contribution in [2.45, 2.75) is 44.4 Å². The van der Waals surface area contributed by atoms with Crippen LogP contribution in [0.1, 0.15) is 43.0 Å². The van der Waals surface area contributed by atoms with Crippen molar-refractivity contribution in [3.63, 3.8) is 0 Å². The second-order valence-corrected chi connectivity index (χ2v) is 8.23. The van der Waals surface area contributed by atoms with E-state index in [0.717, 1.165) is 31.0 Å².